The minimum atomic E-state index is 0. The molecule has 0 bridgehead atoms. The standard InChI is InChI=1S/C9H18N.C9H13.C7H9Si.Ti/c10-9-7-5-3-1-2-4-6-8-9;1-6-5-7(2)9(4)8(6)3;1-8-7-5-3-2-4-6-7;/h9-10H,1-8H2;6H,1-4H3;2-6,8H,1H3;/q2*-1;;+2. The maximum Gasteiger partial charge on any atom is 2.00 e. The summed E-state index contributed by atoms with van der Waals surface area (Å²) in [5.41, 5.74) is 11.9. The van der Waals surface area contributed by atoms with Crippen LogP contribution >= 0.6 is 0 Å². The molecule has 0 aromatic heterocycles. The second-order valence-corrected chi connectivity index (χ2v) is 9.14. The molecule has 0 amide bonds. The minimum absolute atomic E-state index is 0. The molecule has 1 aromatic carbocycles. The van der Waals surface area contributed by atoms with E-state index >= 15 is 0 Å². The first-order valence-electron chi connectivity index (χ1n) is 10.8. The van der Waals surface area contributed by atoms with Crippen LogP contribution in [0.2, 0.25) is 6.55 Å². The molecular weight excluding hydrogens is 390 g/mol. The molecule has 0 spiro atoms. The van der Waals surface area contributed by atoms with E-state index in [0.29, 0.717) is 15.4 Å². The van der Waals surface area contributed by atoms with E-state index in [1.165, 1.54) is 60.4 Å². The van der Waals surface area contributed by atoms with E-state index in [2.05, 4.69) is 70.6 Å². The van der Waals surface area contributed by atoms with Crippen LogP contribution in [-0.2, 0) is 21.7 Å². The zero-order valence-corrected chi connectivity index (χ0v) is 21.5. The number of hydrogen-bond donors (Lipinski definition) is 0. The van der Waals surface area contributed by atoms with Gasteiger partial charge in [-0.05, 0) is 0 Å². The van der Waals surface area contributed by atoms with Crippen molar-refractivity contribution in [3.63, 3.8) is 0 Å². The summed E-state index contributed by atoms with van der Waals surface area (Å²) in [6, 6.07) is 10.8. The summed E-state index contributed by atoms with van der Waals surface area (Å²) in [6.45, 7) is 10.9. The maximum atomic E-state index is 7.61. The van der Waals surface area contributed by atoms with Crippen molar-refractivity contribution in [3.8, 4) is 0 Å². The van der Waals surface area contributed by atoms with E-state index in [4.69, 9.17) is 5.73 Å². The molecule has 1 unspecified atom stereocenters. The number of allylic oxidation sites excluding steroid dienone is 4. The summed E-state index contributed by atoms with van der Waals surface area (Å²) in [4.78, 5) is 0. The van der Waals surface area contributed by atoms with Crippen molar-refractivity contribution in [3.05, 3.63) is 58.9 Å². The molecule has 153 valence electrons. The van der Waals surface area contributed by atoms with E-state index in [9.17, 15) is 0 Å². The van der Waals surface area contributed by atoms with Gasteiger partial charge in [0.05, 0.1) is 9.52 Å². The molecule has 1 aromatic rings. The van der Waals surface area contributed by atoms with E-state index < -0.39 is 0 Å². The summed E-state index contributed by atoms with van der Waals surface area (Å²) in [7, 11) is 0.511. The van der Waals surface area contributed by atoms with Crippen LogP contribution in [0.15, 0.2) is 47.1 Å². The van der Waals surface area contributed by atoms with Gasteiger partial charge >= 0.3 is 21.7 Å². The molecule has 2 aliphatic rings. The molecule has 1 nitrogen and oxygen atoms in total. The van der Waals surface area contributed by atoms with Gasteiger partial charge in [0.2, 0.25) is 0 Å². The van der Waals surface area contributed by atoms with Crippen LogP contribution in [0.5, 0.6) is 0 Å². The van der Waals surface area contributed by atoms with Crippen LogP contribution in [0.3, 0.4) is 0 Å². The van der Waals surface area contributed by atoms with Crippen molar-refractivity contribution in [1.29, 1.82) is 0 Å². The van der Waals surface area contributed by atoms with Crippen molar-refractivity contribution < 1.29 is 21.7 Å². The van der Waals surface area contributed by atoms with Gasteiger partial charge in [-0.15, -0.1) is 13.0 Å². The zero-order valence-electron chi connectivity index (χ0n) is 18.8. The van der Waals surface area contributed by atoms with Crippen LogP contribution in [0.1, 0.15) is 79.1 Å². The molecule has 2 aliphatic carbocycles. The molecule has 1 N–H and O–H groups in total. The summed E-state index contributed by atoms with van der Waals surface area (Å²) in [5, 5.41) is 1.49. The van der Waals surface area contributed by atoms with Crippen LogP contribution in [0, 0.1) is 12.0 Å². The quantitative estimate of drug-likeness (QED) is 0.336. The third kappa shape index (κ3) is 11.6. The second kappa shape index (κ2) is 16.4. The molecule has 0 aliphatic heterocycles. The van der Waals surface area contributed by atoms with Crippen LogP contribution < -0.4 is 5.19 Å². The van der Waals surface area contributed by atoms with Crippen molar-refractivity contribution >= 4 is 14.7 Å². The summed E-state index contributed by atoms with van der Waals surface area (Å²) in [6.07, 6.45) is 13.8. The van der Waals surface area contributed by atoms with Crippen LogP contribution in [0.4, 0.5) is 0 Å². The second-order valence-electron chi connectivity index (χ2n) is 7.89. The van der Waals surface area contributed by atoms with Gasteiger partial charge < -0.3 is 5.73 Å². The Morgan fingerprint density at radius 2 is 1.39 bits per heavy atom. The topological polar surface area (TPSA) is 23.8 Å². The molecule has 1 saturated carbocycles. The molecule has 0 heterocycles. The van der Waals surface area contributed by atoms with E-state index in [-0.39, 0.29) is 27.8 Å². The predicted octanol–water partition coefficient (Wildman–Crippen LogP) is 7.06. The Morgan fingerprint density at radius 1 is 0.893 bits per heavy atom. The van der Waals surface area contributed by atoms with Crippen LogP contribution in [-0.4, -0.2) is 15.6 Å². The maximum absolute atomic E-state index is 7.61. The van der Waals surface area contributed by atoms with Crippen molar-refractivity contribution in [2.24, 2.45) is 5.92 Å². The van der Waals surface area contributed by atoms with Crippen molar-refractivity contribution in [1.82, 2.24) is 0 Å². The monoisotopic (exact) mass is 430 g/mol. The molecule has 1 atom stereocenters. The zero-order chi connectivity index (χ0) is 20.1. The Kier molecular flexibility index (Phi) is 16.2. The van der Waals surface area contributed by atoms with Gasteiger partial charge in [0, 0.05) is 0 Å². The van der Waals surface area contributed by atoms with Gasteiger partial charge in [-0.25, -0.2) is 5.57 Å². The Morgan fingerprint density at radius 3 is 1.71 bits per heavy atom. The van der Waals surface area contributed by atoms with Gasteiger partial charge in [0.25, 0.3) is 0 Å². The largest absolute Gasteiger partial charge is 2.00 e. The van der Waals surface area contributed by atoms with E-state index in [1.807, 2.05) is 0 Å². The molecule has 1 radical (unpaired) electrons. The average Bonchev–Trinajstić information content (AvgIpc) is 2.98. The Labute approximate surface area is 192 Å². The number of hydrogen-bond acceptors (Lipinski definition) is 0. The molecule has 1 fully saturated rings. The molecule has 3 rings (SSSR count). The van der Waals surface area contributed by atoms with E-state index in [1.54, 1.807) is 0 Å². The average molecular weight is 431 g/mol. The summed E-state index contributed by atoms with van der Waals surface area (Å²) >= 11 is 0. The van der Waals surface area contributed by atoms with Gasteiger partial charge in [0.1, 0.15) is 0 Å². The number of rotatable bonds is 1. The predicted molar refractivity (Wildman–Crippen MR) is 124 cm³/mol. The van der Waals surface area contributed by atoms with Crippen molar-refractivity contribution in [2.75, 3.05) is 0 Å². The molecular formula is C25H40NSiTi. The van der Waals surface area contributed by atoms with Gasteiger partial charge in [0.15, 0.2) is 0 Å². The fourth-order valence-corrected chi connectivity index (χ4v) is 4.05. The third-order valence-electron chi connectivity index (χ3n) is 5.72. The Balaban J connectivity index is 0.000000386. The van der Waals surface area contributed by atoms with E-state index in [0.717, 1.165) is 12.8 Å². The fraction of sp³-hybridized carbons (Fsp3) is 0.600. The molecule has 28 heavy (non-hydrogen) atoms. The Hall–Kier alpha value is -0.409. The van der Waals surface area contributed by atoms with Crippen LogP contribution in [0.25, 0.3) is 5.73 Å². The normalized spacial score (nSPS) is 20.2. The van der Waals surface area contributed by atoms with Gasteiger partial charge in [-0.1, -0.05) is 120 Å². The first kappa shape index (κ1) is 27.6. The first-order valence-corrected chi connectivity index (χ1v) is 12.5. The summed E-state index contributed by atoms with van der Waals surface area (Å²) < 4.78 is 0. The number of nitrogens with one attached hydrogen (secondary N) is 1. The van der Waals surface area contributed by atoms with Gasteiger partial charge in [-0.3, -0.25) is 6.08 Å². The molecule has 3 heteroatoms. The SMILES string of the molecule is CC1=[C-]C(C)C(C)=C1C.C[SiH]c1ccccc1.[NH-]C1CCCCCCCC1.[Ti+2]. The summed E-state index contributed by atoms with van der Waals surface area (Å²) in [5.74, 6) is 0.560. The van der Waals surface area contributed by atoms with Crippen molar-refractivity contribution in [2.45, 2.75) is 91.7 Å². The fourth-order valence-electron chi connectivity index (χ4n) is 3.44. The molecule has 0 saturated heterocycles. The van der Waals surface area contributed by atoms with Gasteiger partial charge in [-0.2, -0.15) is 11.1 Å². The first-order chi connectivity index (χ1) is 13.0. The number of benzene rings is 1. The third-order valence-corrected chi connectivity index (χ3v) is 6.78. The minimum Gasteiger partial charge on any atom is -0.675 e. The Bertz CT molecular complexity index is 569. The smallest absolute Gasteiger partial charge is 0.675 e.